The molecule has 3 aromatic carbocycles. The van der Waals surface area contributed by atoms with Crippen molar-refractivity contribution in [2.45, 2.75) is 19.6 Å². The molecule has 0 atom stereocenters. The predicted molar refractivity (Wildman–Crippen MR) is 111 cm³/mol. The maximum Gasteiger partial charge on any atom is 0.335 e. The van der Waals surface area contributed by atoms with Crippen molar-refractivity contribution in [3.63, 3.8) is 0 Å². The van der Waals surface area contributed by atoms with Gasteiger partial charge >= 0.3 is 5.97 Å². The van der Waals surface area contributed by atoms with Gasteiger partial charge in [0.05, 0.1) is 5.56 Å². The lowest BCUT2D eigenvalue weighted by Gasteiger charge is -2.05. The van der Waals surface area contributed by atoms with Crippen LogP contribution >= 0.6 is 0 Å². The van der Waals surface area contributed by atoms with Crippen LogP contribution in [0.1, 0.15) is 27.0 Å². The number of aromatic carboxylic acids is 1. The quantitative estimate of drug-likeness (QED) is 0.497. The van der Waals surface area contributed by atoms with Gasteiger partial charge in [-0.1, -0.05) is 60.7 Å². The van der Waals surface area contributed by atoms with Crippen molar-refractivity contribution in [1.29, 1.82) is 0 Å². The number of fused-ring (bicyclic) bond motifs is 1. The number of hydrogen-bond donors (Lipinski definition) is 2. The zero-order chi connectivity index (χ0) is 19.3. The molecule has 140 valence electrons. The summed E-state index contributed by atoms with van der Waals surface area (Å²) in [5, 5.41) is 13.7. The van der Waals surface area contributed by atoms with Crippen LogP contribution in [0.5, 0.6) is 0 Å². The van der Waals surface area contributed by atoms with Crippen LogP contribution in [0.3, 0.4) is 0 Å². The van der Waals surface area contributed by atoms with Gasteiger partial charge in [-0.15, -0.1) is 0 Å². The van der Waals surface area contributed by atoms with E-state index in [1.54, 1.807) is 12.1 Å². The van der Waals surface area contributed by atoms with Gasteiger partial charge in [-0.05, 0) is 34.9 Å². The normalized spacial score (nSPS) is 11.0. The maximum atomic E-state index is 11.0. The fraction of sp³-hybridized carbons (Fsp3) is 0.125. The van der Waals surface area contributed by atoms with Crippen LogP contribution in [-0.4, -0.2) is 15.6 Å². The van der Waals surface area contributed by atoms with Crippen LogP contribution in [0.15, 0.2) is 85.1 Å². The third-order valence-electron chi connectivity index (χ3n) is 4.91. The minimum Gasteiger partial charge on any atom is -0.478 e. The van der Waals surface area contributed by atoms with Crippen LogP contribution in [-0.2, 0) is 19.6 Å². The fourth-order valence-corrected chi connectivity index (χ4v) is 3.48. The van der Waals surface area contributed by atoms with Crippen LogP contribution in [0, 0.1) is 0 Å². The van der Waals surface area contributed by atoms with Crippen molar-refractivity contribution in [1.82, 2.24) is 9.88 Å². The number of benzene rings is 3. The number of carboxylic acid groups (broad SMARTS) is 1. The number of carbonyl (C=O) groups is 1. The topological polar surface area (TPSA) is 54.3 Å². The molecule has 4 heteroatoms. The van der Waals surface area contributed by atoms with Gasteiger partial charge in [0.25, 0.3) is 0 Å². The molecular weight excluding hydrogens is 348 g/mol. The van der Waals surface area contributed by atoms with E-state index in [-0.39, 0.29) is 0 Å². The summed E-state index contributed by atoms with van der Waals surface area (Å²) in [5.74, 6) is -0.897. The van der Waals surface area contributed by atoms with E-state index in [9.17, 15) is 4.79 Å². The van der Waals surface area contributed by atoms with Crippen LogP contribution in [0.2, 0.25) is 0 Å². The van der Waals surface area contributed by atoms with Crippen LogP contribution < -0.4 is 5.32 Å². The molecule has 0 unspecified atom stereocenters. The van der Waals surface area contributed by atoms with E-state index >= 15 is 0 Å². The molecule has 2 N–H and O–H groups in total. The molecule has 0 amide bonds. The lowest BCUT2D eigenvalue weighted by Crippen LogP contribution is -2.12. The molecule has 0 saturated carbocycles. The van der Waals surface area contributed by atoms with E-state index in [4.69, 9.17) is 5.11 Å². The van der Waals surface area contributed by atoms with Crippen LogP contribution in [0.4, 0.5) is 0 Å². The zero-order valence-electron chi connectivity index (χ0n) is 15.5. The Kier molecular flexibility index (Phi) is 5.22. The van der Waals surface area contributed by atoms with Crippen molar-refractivity contribution in [3.05, 3.63) is 107 Å². The average molecular weight is 370 g/mol. The van der Waals surface area contributed by atoms with Gasteiger partial charge in [0, 0.05) is 36.7 Å². The number of aromatic nitrogens is 1. The Labute approximate surface area is 164 Å². The summed E-state index contributed by atoms with van der Waals surface area (Å²) in [7, 11) is 0. The fourth-order valence-electron chi connectivity index (χ4n) is 3.48. The second kappa shape index (κ2) is 8.11. The SMILES string of the molecule is O=C(O)c1ccc(CNCc2cn(Cc3ccccc3)c3ccccc23)cc1. The summed E-state index contributed by atoms with van der Waals surface area (Å²) < 4.78 is 2.29. The summed E-state index contributed by atoms with van der Waals surface area (Å²) in [4.78, 5) is 11.0. The van der Waals surface area contributed by atoms with Crippen molar-refractivity contribution in [2.24, 2.45) is 0 Å². The number of hydrogen-bond acceptors (Lipinski definition) is 2. The van der Waals surface area contributed by atoms with Gasteiger partial charge in [-0.25, -0.2) is 4.79 Å². The summed E-state index contributed by atoms with van der Waals surface area (Å²) in [5.41, 5.74) is 5.15. The highest BCUT2D eigenvalue weighted by Crippen LogP contribution is 2.22. The van der Waals surface area contributed by atoms with E-state index in [0.717, 1.165) is 18.7 Å². The highest BCUT2D eigenvalue weighted by atomic mass is 16.4. The lowest BCUT2D eigenvalue weighted by atomic mass is 10.1. The molecule has 1 heterocycles. The third-order valence-corrected chi connectivity index (χ3v) is 4.91. The van der Waals surface area contributed by atoms with E-state index in [1.165, 1.54) is 22.0 Å². The second-order valence-electron chi connectivity index (χ2n) is 6.89. The molecule has 1 aromatic heterocycles. The smallest absolute Gasteiger partial charge is 0.335 e. The van der Waals surface area contributed by atoms with Gasteiger partial charge in [0.2, 0.25) is 0 Å². The minimum absolute atomic E-state index is 0.313. The molecular formula is C24H22N2O2. The Morgan fingerprint density at radius 1 is 0.821 bits per heavy atom. The Bertz CT molecular complexity index is 1080. The molecule has 0 spiro atoms. The van der Waals surface area contributed by atoms with Crippen LogP contribution in [0.25, 0.3) is 10.9 Å². The summed E-state index contributed by atoms with van der Waals surface area (Å²) in [6.45, 7) is 2.29. The first-order valence-electron chi connectivity index (χ1n) is 9.34. The van der Waals surface area contributed by atoms with Gasteiger partial charge in [0.15, 0.2) is 0 Å². The van der Waals surface area contributed by atoms with Gasteiger partial charge < -0.3 is 15.0 Å². The second-order valence-corrected chi connectivity index (χ2v) is 6.89. The first-order chi connectivity index (χ1) is 13.7. The standard InChI is InChI=1S/C24H22N2O2/c27-24(28)20-12-10-18(11-13-20)14-25-15-21-17-26(16-19-6-2-1-3-7-19)23-9-5-4-8-22(21)23/h1-13,17,25H,14-16H2,(H,27,28). The van der Waals surface area contributed by atoms with Gasteiger partial charge in [-0.2, -0.15) is 0 Å². The minimum atomic E-state index is -0.897. The first-order valence-corrected chi connectivity index (χ1v) is 9.34. The predicted octanol–water partition coefficient (Wildman–Crippen LogP) is 4.68. The molecule has 4 nitrogen and oxygen atoms in total. The molecule has 0 saturated heterocycles. The Morgan fingerprint density at radius 2 is 1.54 bits per heavy atom. The average Bonchev–Trinajstić information content (AvgIpc) is 3.07. The lowest BCUT2D eigenvalue weighted by molar-refractivity contribution is 0.0697. The largest absolute Gasteiger partial charge is 0.478 e. The molecule has 0 fully saturated rings. The zero-order valence-corrected chi connectivity index (χ0v) is 15.5. The summed E-state index contributed by atoms with van der Waals surface area (Å²) in [6, 6.07) is 25.9. The van der Waals surface area contributed by atoms with Crippen molar-refractivity contribution >= 4 is 16.9 Å². The van der Waals surface area contributed by atoms with E-state index in [2.05, 4.69) is 64.6 Å². The number of carboxylic acids is 1. The molecule has 4 aromatic rings. The molecule has 0 aliphatic rings. The van der Waals surface area contributed by atoms with E-state index in [1.807, 2.05) is 18.2 Å². The number of nitrogens with one attached hydrogen (secondary N) is 1. The molecule has 0 aliphatic carbocycles. The highest BCUT2D eigenvalue weighted by molar-refractivity contribution is 5.87. The Balaban J connectivity index is 1.48. The Hall–Kier alpha value is -3.37. The molecule has 4 rings (SSSR count). The van der Waals surface area contributed by atoms with E-state index < -0.39 is 5.97 Å². The summed E-state index contributed by atoms with van der Waals surface area (Å²) in [6.07, 6.45) is 2.22. The van der Waals surface area contributed by atoms with Crippen molar-refractivity contribution in [2.75, 3.05) is 0 Å². The molecule has 0 radical (unpaired) electrons. The number of rotatable bonds is 7. The summed E-state index contributed by atoms with van der Waals surface area (Å²) >= 11 is 0. The number of nitrogens with zero attached hydrogens (tertiary/aromatic N) is 1. The monoisotopic (exact) mass is 370 g/mol. The molecule has 0 aliphatic heterocycles. The van der Waals surface area contributed by atoms with E-state index in [0.29, 0.717) is 12.1 Å². The molecule has 0 bridgehead atoms. The first kappa shape index (κ1) is 18.0. The van der Waals surface area contributed by atoms with Crippen molar-refractivity contribution in [3.8, 4) is 0 Å². The third kappa shape index (κ3) is 3.97. The molecule has 28 heavy (non-hydrogen) atoms. The number of para-hydroxylation sites is 1. The highest BCUT2D eigenvalue weighted by Gasteiger charge is 2.08. The Morgan fingerprint density at radius 3 is 2.29 bits per heavy atom. The maximum absolute atomic E-state index is 11.0. The van der Waals surface area contributed by atoms with Gasteiger partial charge in [-0.3, -0.25) is 0 Å². The van der Waals surface area contributed by atoms with Crippen molar-refractivity contribution < 1.29 is 9.90 Å². The van der Waals surface area contributed by atoms with Gasteiger partial charge in [0.1, 0.15) is 0 Å².